The molecular weight excluding hydrogens is 338 g/mol. The normalized spacial score (nSPS) is 23.0. The van der Waals surface area contributed by atoms with Gasteiger partial charge in [0.1, 0.15) is 6.54 Å². The fourth-order valence-corrected chi connectivity index (χ4v) is 3.31. The van der Waals surface area contributed by atoms with Crippen LogP contribution in [0.4, 0.5) is 0 Å². The second-order valence-corrected chi connectivity index (χ2v) is 7.25. The summed E-state index contributed by atoms with van der Waals surface area (Å²) in [6, 6.07) is 0. The van der Waals surface area contributed by atoms with E-state index in [-0.39, 0.29) is 24.1 Å². The number of piperidine rings is 1. The number of nitrogens with one attached hydrogen (secondary N) is 2. The molecular formula is C15H21N9O2. The Morgan fingerprint density at radius 3 is 3.00 bits per heavy atom. The highest BCUT2D eigenvalue weighted by molar-refractivity contribution is 5.92. The molecule has 26 heavy (non-hydrogen) atoms. The number of aromatic amines is 1. The lowest BCUT2D eigenvalue weighted by Gasteiger charge is -2.40. The predicted octanol–water partition coefficient (Wildman–Crippen LogP) is -0.520. The maximum atomic E-state index is 12.5. The van der Waals surface area contributed by atoms with E-state index in [1.807, 2.05) is 6.92 Å². The van der Waals surface area contributed by atoms with Gasteiger partial charge in [0.15, 0.2) is 11.5 Å². The average molecular weight is 359 g/mol. The molecule has 2 aromatic rings. The van der Waals surface area contributed by atoms with Gasteiger partial charge < -0.3 is 10.2 Å². The van der Waals surface area contributed by atoms with Gasteiger partial charge in [0.25, 0.3) is 5.91 Å². The van der Waals surface area contributed by atoms with Crippen molar-refractivity contribution in [3.63, 3.8) is 0 Å². The van der Waals surface area contributed by atoms with E-state index >= 15 is 0 Å². The van der Waals surface area contributed by atoms with Gasteiger partial charge in [-0.15, -0.1) is 10.2 Å². The van der Waals surface area contributed by atoms with E-state index in [1.165, 1.54) is 11.0 Å². The number of rotatable bonds is 5. The van der Waals surface area contributed by atoms with Crippen LogP contribution in [0.1, 0.15) is 54.8 Å². The fraction of sp³-hybridized carbons (Fsp3) is 0.667. The zero-order valence-corrected chi connectivity index (χ0v) is 14.6. The lowest BCUT2D eigenvalue weighted by Crippen LogP contribution is -2.58. The SMILES string of the molecule is CC1(NC(=O)Cn2nnc(C3CC3)n2)CCCN(C(=O)c2cn[nH]n2)C1. The molecule has 0 spiro atoms. The number of nitrogens with zero attached hydrogens (tertiary/aromatic N) is 7. The van der Waals surface area contributed by atoms with Crippen LogP contribution in [0.5, 0.6) is 0 Å². The highest BCUT2D eigenvalue weighted by Crippen LogP contribution is 2.37. The van der Waals surface area contributed by atoms with Gasteiger partial charge in [-0.25, -0.2) is 0 Å². The summed E-state index contributed by atoms with van der Waals surface area (Å²) in [5, 5.41) is 25.2. The van der Waals surface area contributed by atoms with Crippen molar-refractivity contribution < 1.29 is 9.59 Å². The number of amides is 2. The van der Waals surface area contributed by atoms with Crippen molar-refractivity contribution in [2.24, 2.45) is 0 Å². The molecule has 1 saturated heterocycles. The maximum Gasteiger partial charge on any atom is 0.276 e. The summed E-state index contributed by atoms with van der Waals surface area (Å²) in [6.45, 7) is 3.01. The minimum Gasteiger partial charge on any atom is -0.347 e. The number of tetrazole rings is 1. The van der Waals surface area contributed by atoms with Crippen LogP contribution in [0.3, 0.4) is 0 Å². The molecule has 2 fully saturated rings. The van der Waals surface area contributed by atoms with E-state index in [2.05, 4.69) is 36.1 Å². The Bertz CT molecular complexity index is 798. The van der Waals surface area contributed by atoms with Crippen molar-refractivity contribution in [2.75, 3.05) is 13.1 Å². The molecule has 1 unspecified atom stereocenters. The highest BCUT2D eigenvalue weighted by atomic mass is 16.2. The zero-order chi connectivity index (χ0) is 18.1. The third-order valence-electron chi connectivity index (χ3n) is 4.75. The molecule has 4 rings (SSSR count). The van der Waals surface area contributed by atoms with Crippen molar-refractivity contribution in [3.05, 3.63) is 17.7 Å². The maximum absolute atomic E-state index is 12.5. The second-order valence-electron chi connectivity index (χ2n) is 7.25. The van der Waals surface area contributed by atoms with Crippen LogP contribution < -0.4 is 5.32 Å². The first-order chi connectivity index (χ1) is 12.5. The molecule has 1 aliphatic carbocycles. The molecule has 0 radical (unpaired) electrons. The smallest absolute Gasteiger partial charge is 0.276 e. The summed E-state index contributed by atoms with van der Waals surface area (Å²) >= 11 is 0. The zero-order valence-electron chi connectivity index (χ0n) is 14.6. The molecule has 3 heterocycles. The minimum atomic E-state index is -0.505. The number of hydrogen-bond donors (Lipinski definition) is 2. The Morgan fingerprint density at radius 1 is 1.42 bits per heavy atom. The van der Waals surface area contributed by atoms with Gasteiger partial charge in [0.05, 0.1) is 11.7 Å². The Morgan fingerprint density at radius 2 is 2.27 bits per heavy atom. The minimum absolute atomic E-state index is 0.0204. The number of hydrogen-bond acceptors (Lipinski definition) is 7. The van der Waals surface area contributed by atoms with E-state index in [0.29, 0.717) is 24.8 Å². The highest BCUT2D eigenvalue weighted by Gasteiger charge is 2.35. The van der Waals surface area contributed by atoms with Crippen molar-refractivity contribution in [1.29, 1.82) is 0 Å². The number of carbonyl (C=O) groups excluding carboxylic acids is 2. The van der Waals surface area contributed by atoms with E-state index in [4.69, 9.17) is 0 Å². The molecule has 0 bridgehead atoms. The first-order valence-electron chi connectivity index (χ1n) is 8.76. The van der Waals surface area contributed by atoms with Crippen LogP contribution in [0.25, 0.3) is 0 Å². The second kappa shape index (κ2) is 6.46. The quantitative estimate of drug-likeness (QED) is 0.733. The number of carbonyl (C=O) groups is 2. The lowest BCUT2D eigenvalue weighted by molar-refractivity contribution is -0.124. The van der Waals surface area contributed by atoms with Crippen molar-refractivity contribution in [2.45, 2.75) is 50.6 Å². The first-order valence-corrected chi connectivity index (χ1v) is 8.76. The third-order valence-corrected chi connectivity index (χ3v) is 4.75. The van der Waals surface area contributed by atoms with Gasteiger partial charge in [-0.05, 0) is 37.8 Å². The summed E-state index contributed by atoms with van der Waals surface area (Å²) < 4.78 is 0. The van der Waals surface area contributed by atoms with E-state index < -0.39 is 5.54 Å². The summed E-state index contributed by atoms with van der Waals surface area (Å²) in [4.78, 5) is 27.9. The monoisotopic (exact) mass is 359 g/mol. The summed E-state index contributed by atoms with van der Waals surface area (Å²) in [7, 11) is 0. The topological polar surface area (TPSA) is 135 Å². The molecule has 1 atom stereocenters. The molecule has 11 nitrogen and oxygen atoms in total. The molecule has 2 aliphatic rings. The fourth-order valence-electron chi connectivity index (χ4n) is 3.31. The largest absolute Gasteiger partial charge is 0.347 e. The Hall–Kier alpha value is -2.85. The van der Waals surface area contributed by atoms with Gasteiger partial charge in [-0.2, -0.15) is 20.2 Å². The number of likely N-dealkylation sites (tertiary alicyclic amines) is 1. The molecule has 138 valence electrons. The van der Waals surface area contributed by atoms with Crippen LogP contribution in [0.2, 0.25) is 0 Å². The van der Waals surface area contributed by atoms with Gasteiger partial charge in [-0.3, -0.25) is 9.59 Å². The lowest BCUT2D eigenvalue weighted by atomic mass is 9.90. The standard InChI is InChI=1S/C15H21N9O2/c1-15(5-2-6-23(9-15)14(26)11-7-16-21-18-11)17-12(25)8-24-20-13(19-22-24)10-3-4-10/h7,10H,2-6,8-9H2,1H3,(H,17,25)(H,16,18,21). The van der Waals surface area contributed by atoms with E-state index in [9.17, 15) is 9.59 Å². The first kappa shape index (κ1) is 16.6. The number of H-pyrrole nitrogens is 1. The summed E-state index contributed by atoms with van der Waals surface area (Å²) in [5.41, 5.74) is -0.228. The van der Waals surface area contributed by atoms with Gasteiger partial charge >= 0.3 is 0 Å². The molecule has 2 amide bonds. The van der Waals surface area contributed by atoms with Crippen LogP contribution in [-0.4, -0.2) is 71.0 Å². The molecule has 2 N–H and O–H groups in total. The van der Waals surface area contributed by atoms with Crippen molar-refractivity contribution in [3.8, 4) is 0 Å². The molecule has 0 aromatic carbocycles. The Balaban J connectivity index is 1.36. The molecule has 2 aromatic heterocycles. The van der Waals surface area contributed by atoms with Crippen LogP contribution >= 0.6 is 0 Å². The Kier molecular flexibility index (Phi) is 4.13. The van der Waals surface area contributed by atoms with E-state index in [1.54, 1.807) is 4.90 Å². The van der Waals surface area contributed by atoms with Crippen LogP contribution in [-0.2, 0) is 11.3 Å². The van der Waals surface area contributed by atoms with Crippen LogP contribution in [0.15, 0.2) is 6.20 Å². The molecule has 1 aliphatic heterocycles. The molecule has 1 saturated carbocycles. The predicted molar refractivity (Wildman–Crippen MR) is 87.9 cm³/mol. The summed E-state index contributed by atoms with van der Waals surface area (Å²) in [6.07, 6.45) is 5.17. The van der Waals surface area contributed by atoms with Gasteiger partial charge in [0.2, 0.25) is 5.91 Å². The van der Waals surface area contributed by atoms with E-state index in [0.717, 1.165) is 25.7 Å². The third kappa shape index (κ3) is 3.55. The molecule has 11 heteroatoms. The Labute approximate surface area is 149 Å². The van der Waals surface area contributed by atoms with Crippen molar-refractivity contribution in [1.82, 2.24) is 45.8 Å². The van der Waals surface area contributed by atoms with Gasteiger partial charge in [-0.1, -0.05) is 0 Å². The summed E-state index contributed by atoms with van der Waals surface area (Å²) in [5.74, 6) is 0.735. The average Bonchev–Trinajstić information content (AvgIpc) is 3.11. The number of aromatic nitrogens is 7. The van der Waals surface area contributed by atoms with Gasteiger partial charge in [0, 0.05) is 19.0 Å². The van der Waals surface area contributed by atoms with Crippen LogP contribution in [0, 0.1) is 0 Å². The van der Waals surface area contributed by atoms with Crippen molar-refractivity contribution >= 4 is 11.8 Å².